The molecule has 6 nitrogen and oxygen atoms in total. The van der Waals surface area contributed by atoms with Gasteiger partial charge in [0.2, 0.25) is 17.7 Å². The molecule has 1 aromatic rings. The fourth-order valence-corrected chi connectivity index (χ4v) is 3.66. The monoisotopic (exact) mass is 398 g/mol. The lowest BCUT2D eigenvalue weighted by Gasteiger charge is -2.19. The molecule has 2 atom stereocenters. The fraction of sp³-hybridized carbons (Fsp3) is 0.526. The van der Waals surface area contributed by atoms with Gasteiger partial charge < -0.3 is 10.1 Å². The summed E-state index contributed by atoms with van der Waals surface area (Å²) in [4.78, 5) is 37.9. The maximum atomic E-state index is 12.4. The molecule has 0 aromatic heterocycles. The average Bonchev–Trinajstić information content (AvgIpc) is 2.90. The van der Waals surface area contributed by atoms with Crippen molar-refractivity contribution in [3.63, 3.8) is 0 Å². The third-order valence-electron chi connectivity index (χ3n) is 5.05. The van der Waals surface area contributed by atoms with E-state index >= 15 is 0 Å². The van der Waals surface area contributed by atoms with Gasteiger partial charge in [0.25, 0.3) is 0 Å². The number of rotatable bonds is 6. The third-order valence-corrected chi connectivity index (χ3v) is 5.05. The summed E-state index contributed by atoms with van der Waals surface area (Å²) in [5, 5.41) is 2.62. The minimum Gasteiger partial charge on any atom is -0.484 e. The first-order valence-electron chi connectivity index (χ1n) is 9.15. The Bertz CT molecular complexity index is 725. The first-order valence-corrected chi connectivity index (χ1v) is 9.15. The number of alkyl halides is 3. The molecule has 1 heterocycles. The van der Waals surface area contributed by atoms with Crippen LogP contribution in [0.5, 0.6) is 5.75 Å². The van der Waals surface area contributed by atoms with Crippen molar-refractivity contribution in [2.45, 2.75) is 38.4 Å². The Morgan fingerprint density at radius 3 is 2.18 bits per heavy atom. The number of hydrogen-bond donors (Lipinski definition) is 1. The van der Waals surface area contributed by atoms with E-state index in [1.165, 1.54) is 24.3 Å². The zero-order valence-electron chi connectivity index (χ0n) is 15.1. The highest BCUT2D eigenvalue weighted by atomic mass is 19.4. The number of nitrogens with one attached hydrogen (secondary N) is 1. The van der Waals surface area contributed by atoms with Gasteiger partial charge in [0.1, 0.15) is 12.3 Å². The van der Waals surface area contributed by atoms with E-state index in [0.717, 1.165) is 17.7 Å². The van der Waals surface area contributed by atoms with Gasteiger partial charge >= 0.3 is 6.18 Å². The van der Waals surface area contributed by atoms with Gasteiger partial charge in [-0.2, -0.15) is 13.2 Å². The Morgan fingerprint density at radius 2 is 1.64 bits per heavy atom. The quantitative estimate of drug-likeness (QED) is 0.747. The fourth-order valence-electron chi connectivity index (χ4n) is 3.66. The number of nitrogens with zero attached hydrogens (tertiary/aromatic N) is 1. The standard InChI is InChI=1S/C19H21F3N2O4/c20-19(21,22)11-28-13-7-5-12(6-8-13)9-23-16(25)10-24-17(26)14-3-1-2-4-15(14)18(24)27/h5-8,14-15H,1-4,9-11H2,(H,23,25)/t14-,15-/m0/s1. The van der Waals surface area contributed by atoms with Crippen LogP contribution in [-0.2, 0) is 20.9 Å². The number of imide groups is 1. The van der Waals surface area contributed by atoms with Gasteiger partial charge in [-0.25, -0.2) is 0 Å². The van der Waals surface area contributed by atoms with Crippen LogP contribution in [-0.4, -0.2) is 41.9 Å². The largest absolute Gasteiger partial charge is 0.484 e. The van der Waals surface area contributed by atoms with E-state index in [9.17, 15) is 27.6 Å². The number of carbonyl (C=O) groups excluding carboxylic acids is 3. The first-order chi connectivity index (χ1) is 13.2. The number of amides is 3. The Labute approximate surface area is 160 Å². The predicted molar refractivity (Wildman–Crippen MR) is 92.0 cm³/mol. The summed E-state index contributed by atoms with van der Waals surface area (Å²) in [6.07, 6.45) is -1.19. The van der Waals surface area contributed by atoms with Crippen molar-refractivity contribution >= 4 is 17.7 Å². The molecule has 1 saturated heterocycles. The van der Waals surface area contributed by atoms with Crippen LogP contribution >= 0.6 is 0 Å². The van der Waals surface area contributed by atoms with Crippen LogP contribution < -0.4 is 10.1 Å². The van der Waals surface area contributed by atoms with Gasteiger partial charge in [-0.05, 0) is 30.5 Å². The van der Waals surface area contributed by atoms with E-state index in [-0.39, 0.29) is 42.5 Å². The summed E-state index contributed by atoms with van der Waals surface area (Å²) in [6.45, 7) is -1.55. The summed E-state index contributed by atoms with van der Waals surface area (Å²) in [5.74, 6) is -1.51. The molecule has 0 spiro atoms. The molecule has 2 aliphatic rings. The molecule has 9 heteroatoms. The van der Waals surface area contributed by atoms with Gasteiger partial charge in [0.15, 0.2) is 6.61 Å². The molecule has 1 aromatic carbocycles. The second kappa shape index (κ2) is 8.20. The summed E-state index contributed by atoms with van der Waals surface area (Å²) < 4.78 is 41.0. The predicted octanol–water partition coefficient (Wildman–Crippen LogP) is 2.42. The van der Waals surface area contributed by atoms with Crippen molar-refractivity contribution in [3.05, 3.63) is 29.8 Å². The van der Waals surface area contributed by atoms with Gasteiger partial charge in [-0.1, -0.05) is 25.0 Å². The number of carbonyl (C=O) groups is 3. The Hall–Kier alpha value is -2.58. The molecular weight excluding hydrogens is 377 g/mol. The van der Waals surface area contributed by atoms with Gasteiger partial charge in [0, 0.05) is 6.54 Å². The summed E-state index contributed by atoms with van der Waals surface area (Å²) in [5.41, 5.74) is 0.653. The number of fused-ring (bicyclic) bond motifs is 1. The molecule has 3 rings (SSSR count). The number of benzene rings is 1. The molecule has 0 bridgehead atoms. The average molecular weight is 398 g/mol. The summed E-state index contributed by atoms with van der Waals surface area (Å²) >= 11 is 0. The zero-order valence-corrected chi connectivity index (χ0v) is 15.1. The number of halogens is 3. The smallest absolute Gasteiger partial charge is 0.422 e. The molecule has 3 amide bonds. The highest BCUT2D eigenvalue weighted by Crippen LogP contribution is 2.37. The van der Waals surface area contributed by atoms with Crippen molar-refractivity contribution in [1.82, 2.24) is 10.2 Å². The maximum Gasteiger partial charge on any atom is 0.422 e. The zero-order chi connectivity index (χ0) is 20.3. The minimum absolute atomic E-state index is 0.0725. The van der Waals surface area contributed by atoms with E-state index < -0.39 is 18.7 Å². The van der Waals surface area contributed by atoms with Crippen molar-refractivity contribution in [3.8, 4) is 5.75 Å². The number of likely N-dealkylation sites (tertiary alicyclic amines) is 1. The van der Waals surface area contributed by atoms with Gasteiger partial charge in [0.05, 0.1) is 11.8 Å². The lowest BCUT2D eigenvalue weighted by molar-refractivity contribution is -0.153. The number of ether oxygens (including phenoxy) is 1. The van der Waals surface area contributed by atoms with Crippen molar-refractivity contribution < 1.29 is 32.3 Å². The topological polar surface area (TPSA) is 75.7 Å². The second-order valence-corrected chi connectivity index (χ2v) is 7.08. The first kappa shape index (κ1) is 20.2. The molecule has 28 heavy (non-hydrogen) atoms. The van der Waals surface area contributed by atoms with E-state index in [1.807, 2.05) is 0 Å². The molecule has 1 N–H and O–H groups in total. The van der Waals surface area contributed by atoms with Crippen LogP contribution in [0, 0.1) is 11.8 Å². The highest BCUT2D eigenvalue weighted by Gasteiger charge is 2.48. The van der Waals surface area contributed by atoms with E-state index in [0.29, 0.717) is 18.4 Å². The van der Waals surface area contributed by atoms with Crippen LogP contribution in [0.25, 0.3) is 0 Å². The van der Waals surface area contributed by atoms with E-state index in [4.69, 9.17) is 0 Å². The maximum absolute atomic E-state index is 12.4. The summed E-state index contributed by atoms with van der Waals surface area (Å²) in [7, 11) is 0. The van der Waals surface area contributed by atoms with Gasteiger partial charge in [-0.3, -0.25) is 19.3 Å². The van der Waals surface area contributed by atoms with Crippen molar-refractivity contribution in [2.24, 2.45) is 11.8 Å². The molecule has 0 radical (unpaired) electrons. The van der Waals surface area contributed by atoms with Crippen LogP contribution in [0.1, 0.15) is 31.2 Å². The molecule has 152 valence electrons. The van der Waals surface area contributed by atoms with E-state index in [2.05, 4.69) is 10.1 Å². The van der Waals surface area contributed by atoms with Crippen LogP contribution in [0.3, 0.4) is 0 Å². The van der Waals surface area contributed by atoms with Gasteiger partial charge in [-0.15, -0.1) is 0 Å². The lowest BCUT2D eigenvalue weighted by Crippen LogP contribution is -2.40. The molecule has 2 fully saturated rings. The second-order valence-electron chi connectivity index (χ2n) is 7.08. The van der Waals surface area contributed by atoms with Crippen LogP contribution in [0.15, 0.2) is 24.3 Å². The lowest BCUT2D eigenvalue weighted by atomic mass is 9.81. The Balaban J connectivity index is 1.48. The third kappa shape index (κ3) is 4.82. The SMILES string of the molecule is O=C(CN1C(=O)[C@H]2CCCC[C@@H]2C1=O)NCc1ccc(OCC(F)(F)F)cc1. The van der Waals surface area contributed by atoms with Crippen molar-refractivity contribution in [2.75, 3.05) is 13.2 Å². The highest BCUT2D eigenvalue weighted by molar-refractivity contribution is 6.07. The molecular formula is C19H21F3N2O4. The van der Waals surface area contributed by atoms with E-state index in [1.54, 1.807) is 0 Å². The summed E-state index contributed by atoms with van der Waals surface area (Å²) in [6, 6.07) is 5.83. The van der Waals surface area contributed by atoms with Crippen molar-refractivity contribution in [1.29, 1.82) is 0 Å². The normalized spacial score (nSPS) is 22.2. The molecule has 0 unspecified atom stereocenters. The Morgan fingerprint density at radius 1 is 1.07 bits per heavy atom. The number of hydrogen-bond acceptors (Lipinski definition) is 4. The minimum atomic E-state index is -4.41. The Kier molecular flexibility index (Phi) is 5.90. The molecule has 1 saturated carbocycles. The molecule has 1 aliphatic heterocycles. The molecule has 1 aliphatic carbocycles. The van der Waals surface area contributed by atoms with Crippen LogP contribution in [0.4, 0.5) is 13.2 Å². The van der Waals surface area contributed by atoms with Crippen LogP contribution in [0.2, 0.25) is 0 Å².